The molecule has 0 bridgehead atoms. The Balaban J connectivity index is 0.00000220. The van der Waals surface area contributed by atoms with Gasteiger partial charge in [-0.1, -0.05) is 11.6 Å². The molecule has 0 saturated carbocycles. The zero-order valence-corrected chi connectivity index (χ0v) is 16.7. The number of quaternary nitrogens is 1. The van der Waals surface area contributed by atoms with Gasteiger partial charge in [0, 0.05) is 5.41 Å². The van der Waals surface area contributed by atoms with E-state index in [0.29, 0.717) is 0 Å². The number of allylic oxidation sites excluding steroid dienone is 2. The van der Waals surface area contributed by atoms with E-state index in [1.165, 1.54) is 18.4 Å². The second-order valence-corrected chi connectivity index (χ2v) is 8.65. The summed E-state index contributed by atoms with van der Waals surface area (Å²) in [5, 5.41) is 0. The van der Waals surface area contributed by atoms with Crippen molar-refractivity contribution in [2.45, 2.75) is 46.3 Å². The van der Waals surface area contributed by atoms with Crippen LogP contribution in [-0.2, 0) is 9.47 Å². The smallest absolute Gasteiger partial charge is 0.168 e. The molecule has 2 rings (SSSR count). The van der Waals surface area contributed by atoms with Crippen molar-refractivity contribution in [3.8, 4) is 0 Å². The second-order valence-electron chi connectivity index (χ2n) is 8.65. The van der Waals surface area contributed by atoms with E-state index in [9.17, 15) is 0 Å². The molecule has 1 aliphatic heterocycles. The van der Waals surface area contributed by atoms with Gasteiger partial charge in [-0.3, -0.25) is 0 Å². The van der Waals surface area contributed by atoms with Gasteiger partial charge in [0.1, 0.15) is 0 Å². The number of hydrogen-bond acceptors (Lipinski definition) is 2. The highest BCUT2D eigenvalue weighted by Gasteiger charge is 2.44. The van der Waals surface area contributed by atoms with Crippen molar-refractivity contribution in [1.29, 1.82) is 0 Å². The van der Waals surface area contributed by atoms with Crippen LogP contribution in [0.2, 0.25) is 0 Å². The van der Waals surface area contributed by atoms with E-state index >= 15 is 0 Å². The average molecular weight is 409 g/mol. The van der Waals surface area contributed by atoms with Crippen LogP contribution in [-0.4, -0.2) is 51.7 Å². The van der Waals surface area contributed by atoms with Crippen LogP contribution in [0.1, 0.15) is 40.0 Å². The summed E-state index contributed by atoms with van der Waals surface area (Å²) in [7, 11) is 6.67. The monoisotopic (exact) mass is 409 g/mol. The Kier molecular flexibility index (Phi) is 6.33. The number of rotatable bonds is 3. The first-order valence-corrected chi connectivity index (χ1v) is 7.81. The zero-order chi connectivity index (χ0) is 15.0. The molecule has 0 unspecified atom stereocenters. The highest BCUT2D eigenvalue weighted by atomic mass is 127. The fourth-order valence-electron chi connectivity index (χ4n) is 3.66. The van der Waals surface area contributed by atoms with Crippen molar-refractivity contribution in [2.75, 3.05) is 40.9 Å². The maximum Gasteiger partial charge on any atom is 0.168 e. The molecule has 1 fully saturated rings. The standard InChI is InChI=1S/C17H32NO2.HI/c1-14-7-9-17(10-8-14)12-19-15(20-13-17)16(2,3)11-18(4,5)6;/h7,15H,8-13H2,1-6H3;1H/q+1;/p-1. The van der Waals surface area contributed by atoms with E-state index < -0.39 is 0 Å². The third-order valence-electron chi connectivity index (χ3n) is 4.53. The van der Waals surface area contributed by atoms with Crippen molar-refractivity contribution < 1.29 is 37.9 Å². The van der Waals surface area contributed by atoms with Crippen LogP contribution in [0.15, 0.2) is 11.6 Å². The predicted molar refractivity (Wildman–Crippen MR) is 82.4 cm³/mol. The van der Waals surface area contributed by atoms with E-state index in [1.807, 2.05) is 0 Å². The van der Waals surface area contributed by atoms with Gasteiger partial charge in [-0.15, -0.1) is 0 Å². The first-order valence-electron chi connectivity index (χ1n) is 7.81. The summed E-state index contributed by atoms with van der Waals surface area (Å²) >= 11 is 0. The van der Waals surface area contributed by atoms with Gasteiger partial charge in [0.05, 0.1) is 46.3 Å². The molecular weight excluding hydrogens is 377 g/mol. The molecule has 4 heteroatoms. The Labute approximate surface area is 147 Å². The van der Waals surface area contributed by atoms with E-state index in [-0.39, 0.29) is 41.1 Å². The Morgan fingerprint density at radius 2 is 1.81 bits per heavy atom. The molecule has 1 heterocycles. The van der Waals surface area contributed by atoms with Crippen molar-refractivity contribution in [2.24, 2.45) is 10.8 Å². The average Bonchev–Trinajstić information content (AvgIpc) is 2.31. The molecule has 1 aliphatic carbocycles. The van der Waals surface area contributed by atoms with Crippen LogP contribution >= 0.6 is 0 Å². The lowest BCUT2D eigenvalue weighted by molar-refractivity contribution is -0.878. The molecule has 124 valence electrons. The number of nitrogens with zero attached hydrogens (tertiary/aromatic N) is 1. The number of hydrogen-bond donors (Lipinski definition) is 0. The van der Waals surface area contributed by atoms with Crippen LogP contribution in [0.3, 0.4) is 0 Å². The molecule has 3 nitrogen and oxygen atoms in total. The van der Waals surface area contributed by atoms with E-state index in [0.717, 1.165) is 30.7 Å². The largest absolute Gasteiger partial charge is 1.00 e. The van der Waals surface area contributed by atoms with E-state index in [4.69, 9.17) is 9.47 Å². The Hall–Kier alpha value is 0.350. The van der Waals surface area contributed by atoms with E-state index in [2.05, 4.69) is 48.0 Å². The maximum atomic E-state index is 6.16. The normalized spacial score (nSPS) is 30.8. The molecule has 0 atom stereocenters. The van der Waals surface area contributed by atoms with Gasteiger partial charge >= 0.3 is 0 Å². The minimum Gasteiger partial charge on any atom is -1.00 e. The predicted octanol–water partition coefficient (Wildman–Crippen LogP) is 0.212. The molecule has 2 aliphatic rings. The summed E-state index contributed by atoms with van der Waals surface area (Å²) in [6.07, 6.45) is 5.81. The quantitative estimate of drug-likeness (QED) is 0.377. The van der Waals surface area contributed by atoms with E-state index in [1.54, 1.807) is 0 Å². The molecule has 0 aromatic heterocycles. The summed E-state index contributed by atoms with van der Waals surface area (Å²) in [5.41, 5.74) is 1.80. The molecule has 0 amide bonds. The Bertz CT molecular complexity index is 377. The van der Waals surface area contributed by atoms with Crippen LogP contribution < -0.4 is 24.0 Å². The van der Waals surface area contributed by atoms with Crippen molar-refractivity contribution in [3.05, 3.63) is 11.6 Å². The Morgan fingerprint density at radius 1 is 1.24 bits per heavy atom. The molecule has 1 spiro atoms. The topological polar surface area (TPSA) is 18.5 Å². The zero-order valence-electron chi connectivity index (χ0n) is 14.5. The lowest BCUT2D eigenvalue weighted by atomic mass is 9.75. The third kappa shape index (κ3) is 5.19. The molecule has 0 aromatic rings. The maximum absolute atomic E-state index is 6.16. The number of halogens is 1. The fraction of sp³-hybridized carbons (Fsp3) is 0.882. The Morgan fingerprint density at radius 3 is 2.24 bits per heavy atom. The van der Waals surface area contributed by atoms with Crippen LogP contribution in [0.5, 0.6) is 0 Å². The minimum absolute atomic E-state index is 0. The molecule has 0 aromatic carbocycles. The first-order chi connectivity index (χ1) is 9.12. The van der Waals surface area contributed by atoms with Gasteiger partial charge in [-0.25, -0.2) is 0 Å². The lowest BCUT2D eigenvalue weighted by Crippen LogP contribution is -3.00. The lowest BCUT2D eigenvalue weighted by Gasteiger charge is -2.46. The summed E-state index contributed by atoms with van der Waals surface area (Å²) in [5.74, 6) is 0. The van der Waals surface area contributed by atoms with Gasteiger partial charge in [-0.2, -0.15) is 0 Å². The van der Waals surface area contributed by atoms with Gasteiger partial charge < -0.3 is 37.9 Å². The summed E-state index contributed by atoms with van der Waals surface area (Å²) in [4.78, 5) is 0. The second kappa shape index (κ2) is 6.85. The van der Waals surface area contributed by atoms with Crippen molar-refractivity contribution >= 4 is 0 Å². The van der Waals surface area contributed by atoms with Gasteiger partial charge in [0.2, 0.25) is 0 Å². The van der Waals surface area contributed by atoms with Crippen molar-refractivity contribution in [1.82, 2.24) is 0 Å². The summed E-state index contributed by atoms with van der Waals surface area (Å²) in [6, 6.07) is 0. The van der Waals surface area contributed by atoms with Crippen LogP contribution in [0, 0.1) is 10.8 Å². The molecular formula is C17H32INO2. The number of ether oxygens (including phenoxy) is 2. The molecule has 21 heavy (non-hydrogen) atoms. The SMILES string of the molecule is CC1=CCC2(CC1)COC(C(C)(C)C[N+](C)(C)C)OC2.[I-]. The fourth-order valence-corrected chi connectivity index (χ4v) is 3.66. The van der Waals surface area contributed by atoms with Gasteiger partial charge in [-0.05, 0) is 40.0 Å². The molecule has 0 radical (unpaired) electrons. The van der Waals surface area contributed by atoms with Crippen LogP contribution in [0.4, 0.5) is 0 Å². The van der Waals surface area contributed by atoms with Gasteiger partial charge in [0.15, 0.2) is 6.29 Å². The highest BCUT2D eigenvalue weighted by molar-refractivity contribution is 5.07. The molecule has 0 N–H and O–H groups in total. The summed E-state index contributed by atoms with van der Waals surface area (Å²) < 4.78 is 13.2. The minimum atomic E-state index is -0.0718. The summed E-state index contributed by atoms with van der Waals surface area (Å²) in [6.45, 7) is 9.48. The molecule has 1 saturated heterocycles. The van der Waals surface area contributed by atoms with Crippen molar-refractivity contribution in [3.63, 3.8) is 0 Å². The van der Waals surface area contributed by atoms with Crippen LogP contribution in [0.25, 0.3) is 0 Å². The highest BCUT2D eigenvalue weighted by Crippen LogP contribution is 2.41. The third-order valence-corrected chi connectivity index (χ3v) is 4.53. The van der Waals surface area contributed by atoms with Gasteiger partial charge in [0.25, 0.3) is 0 Å². The first kappa shape index (κ1) is 19.4.